The molecule has 0 spiro atoms. The summed E-state index contributed by atoms with van der Waals surface area (Å²) in [6, 6.07) is 6.19. The number of aliphatic hydroxyl groups is 1. The Bertz CT molecular complexity index is 950. The molecule has 0 amide bonds. The zero-order valence-corrected chi connectivity index (χ0v) is 14.6. The number of anilines is 2. The van der Waals surface area contributed by atoms with Crippen LogP contribution in [-0.2, 0) is 0 Å². The van der Waals surface area contributed by atoms with Crippen LogP contribution in [0.2, 0.25) is 0 Å². The number of rotatable bonds is 2. The van der Waals surface area contributed by atoms with Crippen LogP contribution < -0.4 is 15.1 Å². The zero-order valence-electron chi connectivity index (χ0n) is 14.6. The number of hydrogen-bond acceptors (Lipinski definition) is 7. The molecule has 0 bridgehead atoms. The Morgan fingerprint density at radius 1 is 1.19 bits per heavy atom. The molecule has 2 aliphatic rings. The Balaban J connectivity index is 1.60. The minimum absolute atomic E-state index is 0.265. The van der Waals surface area contributed by atoms with Gasteiger partial charge in [0.1, 0.15) is 5.69 Å². The van der Waals surface area contributed by atoms with Gasteiger partial charge in [0.2, 0.25) is 6.35 Å². The number of nitrogens with one attached hydrogen (secondary N) is 1. The van der Waals surface area contributed by atoms with Gasteiger partial charge in [0.05, 0.1) is 23.5 Å². The van der Waals surface area contributed by atoms with Crippen molar-refractivity contribution in [2.24, 2.45) is 0 Å². The smallest absolute Gasteiger partial charge is 0.209 e. The summed E-state index contributed by atoms with van der Waals surface area (Å²) < 4.78 is 1.82. The lowest BCUT2D eigenvalue weighted by Gasteiger charge is -2.35. The van der Waals surface area contributed by atoms with Crippen LogP contribution in [0.15, 0.2) is 36.8 Å². The molecule has 2 N–H and O–H groups in total. The normalized spacial score (nSPS) is 20.8. The number of pyridine rings is 1. The van der Waals surface area contributed by atoms with Gasteiger partial charge >= 0.3 is 0 Å². The molecule has 2 aliphatic heterocycles. The van der Waals surface area contributed by atoms with E-state index in [0.29, 0.717) is 5.82 Å². The van der Waals surface area contributed by atoms with Crippen molar-refractivity contribution in [1.29, 1.82) is 0 Å². The second-order valence-electron chi connectivity index (χ2n) is 6.84. The Kier molecular flexibility index (Phi) is 3.54. The molecule has 1 saturated heterocycles. The van der Waals surface area contributed by atoms with Gasteiger partial charge in [-0.05, 0) is 38.1 Å². The lowest BCUT2D eigenvalue weighted by Crippen LogP contribution is -2.50. The molecule has 134 valence electrons. The van der Waals surface area contributed by atoms with Crippen molar-refractivity contribution in [3.8, 4) is 11.4 Å². The maximum atomic E-state index is 10.8. The van der Waals surface area contributed by atoms with Crippen LogP contribution in [0.3, 0.4) is 0 Å². The highest BCUT2D eigenvalue weighted by Crippen LogP contribution is 2.39. The van der Waals surface area contributed by atoms with Crippen molar-refractivity contribution in [3.05, 3.63) is 36.8 Å². The number of aromatic nitrogens is 4. The fourth-order valence-corrected chi connectivity index (χ4v) is 3.91. The maximum Gasteiger partial charge on any atom is 0.209 e. The third-order valence-corrected chi connectivity index (χ3v) is 5.34. The standard InChI is InChI=1S/C18H21N7O/c1-23-15-11-20-16(13-10-21-24-9-3-2-4-14(13)24)22-17(15)25(18(23)26)12-5-7-19-8-6-12/h2-4,9-12,18-19,26H,5-8H2,1H3. The summed E-state index contributed by atoms with van der Waals surface area (Å²) in [5, 5.41) is 18.5. The summed E-state index contributed by atoms with van der Waals surface area (Å²) in [5.41, 5.74) is 2.71. The molecule has 0 radical (unpaired) electrons. The SMILES string of the molecule is CN1c2cnc(-c3cnn4ccccc34)nc2N(C2CCNCC2)C1O. The van der Waals surface area contributed by atoms with E-state index in [4.69, 9.17) is 4.98 Å². The number of hydrogen-bond donors (Lipinski definition) is 2. The largest absolute Gasteiger partial charge is 0.356 e. The summed E-state index contributed by atoms with van der Waals surface area (Å²) in [5.74, 6) is 1.43. The van der Waals surface area contributed by atoms with Crippen LogP contribution in [0.5, 0.6) is 0 Å². The van der Waals surface area contributed by atoms with Crippen molar-refractivity contribution in [1.82, 2.24) is 24.9 Å². The summed E-state index contributed by atoms with van der Waals surface area (Å²) in [6.07, 6.45) is 6.77. The third kappa shape index (κ3) is 2.26. The van der Waals surface area contributed by atoms with E-state index in [2.05, 4.69) is 15.4 Å². The second-order valence-corrected chi connectivity index (χ2v) is 6.84. The minimum atomic E-state index is -0.707. The highest BCUT2D eigenvalue weighted by atomic mass is 16.3. The fourth-order valence-electron chi connectivity index (χ4n) is 3.91. The lowest BCUT2D eigenvalue weighted by atomic mass is 10.1. The van der Waals surface area contributed by atoms with Crippen LogP contribution in [0.1, 0.15) is 12.8 Å². The van der Waals surface area contributed by atoms with E-state index in [-0.39, 0.29) is 6.04 Å². The van der Waals surface area contributed by atoms with E-state index in [1.165, 1.54) is 0 Å². The highest BCUT2D eigenvalue weighted by molar-refractivity contribution is 5.80. The number of piperidine rings is 1. The van der Waals surface area contributed by atoms with E-state index >= 15 is 0 Å². The molecule has 1 atom stereocenters. The predicted molar refractivity (Wildman–Crippen MR) is 99.0 cm³/mol. The molecule has 0 saturated carbocycles. The molecule has 0 aromatic carbocycles. The quantitative estimate of drug-likeness (QED) is 0.715. The third-order valence-electron chi connectivity index (χ3n) is 5.34. The number of fused-ring (bicyclic) bond motifs is 2. The van der Waals surface area contributed by atoms with Gasteiger partial charge < -0.3 is 20.2 Å². The molecular formula is C18H21N7O. The molecule has 3 aromatic heterocycles. The molecule has 8 nitrogen and oxygen atoms in total. The highest BCUT2D eigenvalue weighted by Gasteiger charge is 2.39. The van der Waals surface area contributed by atoms with Crippen LogP contribution in [-0.4, -0.2) is 57.2 Å². The molecule has 3 aromatic rings. The Morgan fingerprint density at radius 2 is 2.04 bits per heavy atom. The van der Waals surface area contributed by atoms with Gasteiger partial charge in [0.25, 0.3) is 0 Å². The Hall–Kier alpha value is -2.71. The average Bonchev–Trinajstić information content (AvgIpc) is 3.22. The number of aliphatic hydroxyl groups excluding tert-OH is 1. The van der Waals surface area contributed by atoms with Gasteiger partial charge in [-0.2, -0.15) is 5.10 Å². The monoisotopic (exact) mass is 351 g/mol. The molecule has 8 heteroatoms. The van der Waals surface area contributed by atoms with Crippen molar-refractivity contribution in [3.63, 3.8) is 0 Å². The topological polar surface area (TPSA) is 81.8 Å². The molecule has 1 unspecified atom stereocenters. The van der Waals surface area contributed by atoms with Crippen molar-refractivity contribution < 1.29 is 5.11 Å². The average molecular weight is 351 g/mol. The molecule has 5 heterocycles. The van der Waals surface area contributed by atoms with Gasteiger partial charge in [-0.3, -0.25) is 0 Å². The van der Waals surface area contributed by atoms with E-state index < -0.39 is 6.35 Å². The summed E-state index contributed by atoms with van der Waals surface area (Å²) in [6.45, 7) is 1.91. The van der Waals surface area contributed by atoms with Gasteiger partial charge in [-0.15, -0.1) is 0 Å². The molecule has 26 heavy (non-hydrogen) atoms. The number of nitrogens with zero attached hydrogens (tertiary/aromatic N) is 6. The minimum Gasteiger partial charge on any atom is -0.356 e. The van der Waals surface area contributed by atoms with E-state index in [0.717, 1.165) is 48.5 Å². The van der Waals surface area contributed by atoms with E-state index in [1.54, 1.807) is 12.4 Å². The van der Waals surface area contributed by atoms with Crippen LogP contribution in [0, 0.1) is 0 Å². The first kappa shape index (κ1) is 15.5. The van der Waals surface area contributed by atoms with Gasteiger partial charge in [-0.25, -0.2) is 14.5 Å². The van der Waals surface area contributed by atoms with Crippen molar-refractivity contribution in [2.45, 2.75) is 25.2 Å². The van der Waals surface area contributed by atoms with Gasteiger partial charge in [0, 0.05) is 19.3 Å². The zero-order chi connectivity index (χ0) is 17.7. The first-order valence-corrected chi connectivity index (χ1v) is 8.94. The Morgan fingerprint density at radius 3 is 2.88 bits per heavy atom. The molecular weight excluding hydrogens is 330 g/mol. The van der Waals surface area contributed by atoms with Crippen molar-refractivity contribution in [2.75, 3.05) is 29.9 Å². The fraction of sp³-hybridized carbons (Fsp3) is 0.389. The first-order valence-electron chi connectivity index (χ1n) is 8.94. The Labute approximate surface area is 151 Å². The summed E-state index contributed by atoms with van der Waals surface area (Å²) in [4.78, 5) is 13.3. The molecule has 0 aliphatic carbocycles. The predicted octanol–water partition coefficient (Wildman–Crippen LogP) is 1.08. The van der Waals surface area contributed by atoms with Crippen LogP contribution in [0.25, 0.3) is 16.9 Å². The maximum absolute atomic E-state index is 10.8. The molecule has 5 rings (SSSR count). The van der Waals surface area contributed by atoms with E-state index in [9.17, 15) is 5.11 Å². The van der Waals surface area contributed by atoms with Gasteiger partial charge in [-0.1, -0.05) is 6.07 Å². The second kappa shape index (κ2) is 5.93. The van der Waals surface area contributed by atoms with Crippen molar-refractivity contribution >= 4 is 17.0 Å². The molecule has 1 fully saturated rings. The lowest BCUT2D eigenvalue weighted by molar-refractivity contribution is 0.160. The first-order chi connectivity index (χ1) is 12.7. The van der Waals surface area contributed by atoms with Crippen LogP contribution in [0.4, 0.5) is 11.5 Å². The summed E-state index contributed by atoms with van der Waals surface area (Å²) >= 11 is 0. The summed E-state index contributed by atoms with van der Waals surface area (Å²) in [7, 11) is 1.88. The van der Waals surface area contributed by atoms with E-state index in [1.807, 2.05) is 45.8 Å². The van der Waals surface area contributed by atoms with Crippen LogP contribution >= 0.6 is 0 Å². The van der Waals surface area contributed by atoms with Gasteiger partial charge in [0.15, 0.2) is 11.6 Å².